The minimum Gasteiger partial charge on any atom is -0.356 e. The minimum absolute atomic E-state index is 0. The van der Waals surface area contributed by atoms with Crippen LogP contribution in [-0.2, 0) is 13.1 Å². The van der Waals surface area contributed by atoms with Crippen molar-refractivity contribution in [2.24, 2.45) is 10.9 Å². The number of rotatable bonds is 7. The van der Waals surface area contributed by atoms with Crippen LogP contribution in [0.15, 0.2) is 59.6 Å². The van der Waals surface area contributed by atoms with E-state index < -0.39 is 4.92 Å². The highest BCUT2D eigenvalue weighted by molar-refractivity contribution is 14.0. The Balaban J connectivity index is 0.00000338. The number of aliphatic imine (C=N–C) groups is 1. The van der Waals surface area contributed by atoms with Crippen molar-refractivity contribution in [3.8, 4) is 0 Å². The van der Waals surface area contributed by atoms with Gasteiger partial charge in [0.25, 0.3) is 5.69 Å². The number of nitrogens with one attached hydrogen (secondary N) is 2. The molecule has 0 aliphatic rings. The van der Waals surface area contributed by atoms with Gasteiger partial charge >= 0.3 is 0 Å². The molecule has 140 valence electrons. The molecule has 2 N–H and O–H groups in total. The molecule has 0 amide bonds. The molecule has 0 saturated carbocycles. The molecular weight excluding hydrogens is 443 g/mol. The number of halogens is 1. The van der Waals surface area contributed by atoms with Gasteiger partial charge < -0.3 is 10.6 Å². The van der Waals surface area contributed by atoms with Crippen molar-refractivity contribution >= 4 is 35.6 Å². The molecule has 0 saturated heterocycles. The van der Waals surface area contributed by atoms with Gasteiger partial charge in [-0.1, -0.05) is 56.3 Å². The van der Waals surface area contributed by atoms with E-state index in [2.05, 4.69) is 29.5 Å². The topological polar surface area (TPSA) is 79.6 Å². The average Bonchev–Trinajstić information content (AvgIpc) is 2.62. The molecule has 2 aromatic carbocycles. The molecule has 0 unspecified atom stereocenters. The van der Waals surface area contributed by atoms with Crippen LogP contribution in [0.3, 0.4) is 0 Å². The summed E-state index contributed by atoms with van der Waals surface area (Å²) in [6.45, 7) is 6.24. The average molecular weight is 468 g/mol. The van der Waals surface area contributed by atoms with Gasteiger partial charge in [-0.2, -0.15) is 0 Å². The quantitative estimate of drug-likeness (QED) is 0.211. The van der Waals surface area contributed by atoms with Crippen molar-refractivity contribution in [1.29, 1.82) is 0 Å². The summed E-state index contributed by atoms with van der Waals surface area (Å²) < 4.78 is 0. The molecule has 0 aromatic heterocycles. The van der Waals surface area contributed by atoms with Crippen molar-refractivity contribution in [2.45, 2.75) is 26.9 Å². The standard InChI is InChI=1S/C19H24N4O2.HI/c1-15(2)12-20-19(21-13-16-6-4-3-5-7-16)22-14-17-8-10-18(11-9-17)23(24)25;/h3-11,15H,12-14H2,1-2H3,(H2,20,21,22);1H. The molecule has 0 fully saturated rings. The summed E-state index contributed by atoms with van der Waals surface area (Å²) >= 11 is 0. The van der Waals surface area contributed by atoms with Crippen molar-refractivity contribution in [3.05, 3.63) is 75.8 Å². The van der Waals surface area contributed by atoms with Crippen molar-refractivity contribution in [1.82, 2.24) is 10.6 Å². The van der Waals surface area contributed by atoms with Crippen LogP contribution in [0.2, 0.25) is 0 Å². The van der Waals surface area contributed by atoms with E-state index in [-0.39, 0.29) is 29.7 Å². The molecule has 7 heteroatoms. The molecule has 6 nitrogen and oxygen atoms in total. The minimum atomic E-state index is -0.395. The number of benzene rings is 2. The SMILES string of the molecule is CC(C)CNC(=NCc1ccccc1)NCc1ccc([N+](=O)[O-])cc1.I. The molecule has 0 heterocycles. The van der Waals surface area contributed by atoms with Crippen LogP contribution in [-0.4, -0.2) is 17.4 Å². The van der Waals surface area contributed by atoms with E-state index in [0.29, 0.717) is 19.0 Å². The summed E-state index contributed by atoms with van der Waals surface area (Å²) in [6, 6.07) is 16.6. The smallest absolute Gasteiger partial charge is 0.269 e. The van der Waals surface area contributed by atoms with Gasteiger partial charge in [0.05, 0.1) is 11.5 Å². The Labute approximate surface area is 171 Å². The van der Waals surface area contributed by atoms with Crippen LogP contribution in [0.1, 0.15) is 25.0 Å². The van der Waals surface area contributed by atoms with Crippen LogP contribution in [0.5, 0.6) is 0 Å². The normalized spacial score (nSPS) is 11.0. The number of nitro benzene ring substituents is 1. The Morgan fingerprint density at radius 3 is 2.27 bits per heavy atom. The lowest BCUT2D eigenvalue weighted by molar-refractivity contribution is -0.384. The van der Waals surface area contributed by atoms with Gasteiger partial charge in [-0.25, -0.2) is 4.99 Å². The first kappa shape index (κ1) is 21.9. The summed E-state index contributed by atoms with van der Waals surface area (Å²) in [5.74, 6) is 1.24. The number of hydrogen-bond acceptors (Lipinski definition) is 3. The van der Waals surface area contributed by atoms with E-state index >= 15 is 0 Å². The third-order valence-corrected chi connectivity index (χ3v) is 3.55. The van der Waals surface area contributed by atoms with E-state index in [4.69, 9.17) is 0 Å². The fraction of sp³-hybridized carbons (Fsp3) is 0.316. The monoisotopic (exact) mass is 468 g/mol. The second-order valence-corrected chi connectivity index (χ2v) is 6.20. The molecule has 26 heavy (non-hydrogen) atoms. The van der Waals surface area contributed by atoms with Gasteiger partial charge in [-0.3, -0.25) is 10.1 Å². The number of nitro groups is 1. The highest BCUT2D eigenvalue weighted by Gasteiger charge is 2.05. The molecule has 0 aliphatic carbocycles. The van der Waals surface area contributed by atoms with E-state index in [1.54, 1.807) is 12.1 Å². The van der Waals surface area contributed by atoms with E-state index in [1.165, 1.54) is 12.1 Å². The Bertz CT molecular complexity index is 703. The van der Waals surface area contributed by atoms with Crippen LogP contribution in [0.25, 0.3) is 0 Å². The van der Waals surface area contributed by atoms with E-state index in [0.717, 1.165) is 23.6 Å². The lowest BCUT2D eigenvalue weighted by Crippen LogP contribution is -2.38. The van der Waals surface area contributed by atoms with E-state index in [1.807, 2.05) is 30.3 Å². The molecule has 2 aromatic rings. The first-order valence-corrected chi connectivity index (χ1v) is 8.34. The number of non-ortho nitro benzene ring substituents is 1. The van der Waals surface area contributed by atoms with Gasteiger partial charge in [0.2, 0.25) is 0 Å². The summed E-state index contributed by atoms with van der Waals surface area (Å²) in [4.78, 5) is 14.9. The molecule has 0 radical (unpaired) electrons. The van der Waals surface area contributed by atoms with E-state index in [9.17, 15) is 10.1 Å². The van der Waals surface area contributed by atoms with Gasteiger partial charge in [0.1, 0.15) is 0 Å². The van der Waals surface area contributed by atoms with Crippen LogP contribution >= 0.6 is 24.0 Å². The van der Waals surface area contributed by atoms with Crippen LogP contribution in [0.4, 0.5) is 5.69 Å². The summed E-state index contributed by atoms with van der Waals surface area (Å²) in [5.41, 5.74) is 2.20. The zero-order valence-corrected chi connectivity index (χ0v) is 17.3. The molecule has 0 bridgehead atoms. The zero-order valence-electron chi connectivity index (χ0n) is 15.0. The van der Waals surface area contributed by atoms with Crippen LogP contribution in [0, 0.1) is 16.0 Å². The fourth-order valence-electron chi connectivity index (χ4n) is 2.15. The maximum absolute atomic E-state index is 10.7. The maximum Gasteiger partial charge on any atom is 0.269 e. The van der Waals surface area contributed by atoms with Gasteiger partial charge in [-0.15, -0.1) is 24.0 Å². The van der Waals surface area contributed by atoms with Crippen LogP contribution < -0.4 is 10.6 Å². The lowest BCUT2D eigenvalue weighted by Gasteiger charge is -2.14. The Kier molecular flexibility index (Phi) is 9.64. The fourth-order valence-corrected chi connectivity index (χ4v) is 2.15. The molecule has 2 rings (SSSR count). The predicted molar refractivity (Wildman–Crippen MR) is 116 cm³/mol. The maximum atomic E-state index is 10.7. The second-order valence-electron chi connectivity index (χ2n) is 6.20. The summed E-state index contributed by atoms with van der Waals surface area (Å²) in [6.07, 6.45) is 0. The molecule has 0 aliphatic heterocycles. The van der Waals surface area contributed by atoms with Crippen molar-refractivity contribution in [2.75, 3.05) is 6.54 Å². The third-order valence-electron chi connectivity index (χ3n) is 3.55. The van der Waals surface area contributed by atoms with Crippen molar-refractivity contribution in [3.63, 3.8) is 0 Å². The number of nitrogens with zero attached hydrogens (tertiary/aromatic N) is 2. The first-order chi connectivity index (χ1) is 12.0. The highest BCUT2D eigenvalue weighted by Crippen LogP contribution is 2.11. The third kappa shape index (κ3) is 7.81. The van der Waals surface area contributed by atoms with Crippen molar-refractivity contribution < 1.29 is 4.92 Å². The molecular formula is C19H25IN4O2. The zero-order chi connectivity index (χ0) is 18.1. The van der Waals surface area contributed by atoms with Gasteiger partial charge in [0, 0.05) is 25.2 Å². The van der Waals surface area contributed by atoms with Gasteiger partial charge in [0.15, 0.2) is 5.96 Å². The lowest BCUT2D eigenvalue weighted by atomic mass is 10.2. The summed E-state index contributed by atoms with van der Waals surface area (Å²) in [5, 5.41) is 17.3. The largest absolute Gasteiger partial charge is 0.356 e. The summed E-state index contributed by atoms with van der Waals surface area (Å²) in [7, 11) is 0. The predicted octanol–water partition coefficient (Wildman–Crippen LogP) is 4.10. The Morgan fingerprint density at radius 2 is 1.69 bits per heavy atom. The Hall–Kier alpha value is -2.16. The first-order valence-electron chi connectivity index (χ1n) is 8.34. The molecule has 0 spiro atoms. The van der Waals surface area contributed by atoms with Gasteiger partial charge in [-0.05, 0) is 17.0 Å². The number of guanidine groups is 1. The number of hydrogen-bond donors (Lipinski definition) is 2. The second kappa shape index (κ2) is 11.5. The highest BCUT2D eigenvalue weighted by atomic mass is 127. The Morgan fingerprint density at radius 1 is 1.04 bits per heavy atom. The molecule has 0 atom stereocenters.